The lowest BCUT2D eigenvalue weighted by Crippen LogP contribution is -2.58. The summed E-state index contributed by atoms with van der Waals surface area (Å²) in [6.45, 7) is 8.90. The molecule has 0 saturated carbocycles. The van der Waals surface area contributed by atoms with Crippen LogP contribution >= 0.6 is 0 Å². The highest BCUT2D eigenvalue weighted by atomic mass is 16.5. The van der Waals surface area contributed by atoms with Crippen LogP contribution in [-0.2, 0) is 9.53 Å². The summed E-state index contributed by atoms with van der Waals surface area (Å²) < 4.78 is 5.79. The molecule has 0 N–H and O–H groups in total. The first-order valence-corrected chi connectivity index (χ1v) is 7.68. The first-order valence-electron chi connectivity index (χ1n) is 7.68. The monoisotopic (exact) mass is 313 g/mol. The van der Waals surface area contributed by atoms with Crippen molar-refractivity contribution < 1.29 is 14.3 Å². The van der Waals surface area contributed by atoms with E-state index in [1.165, 1.54) is 0 Å². The Morgan fingerprint density at radius 2 is 1.91 bits per heavy atom. The van der Waals surface area contributed by atoms with Crippen molar-refractivity contribution in [2.75, 3.05) is 33.3 Å². The van der Waals surface area contributed by atoms with Gasteiger partial charge in [-0.2, -0.15) is 0 Å². The SMILES string of the molecule is [C-]#[N+]c1ccc(C(=O)N2CCC3(CC2)CN(C)C(=O)CO3)cc1. The molecule has 0 bridgehead atoms. The van der Waals surface area contributed by atoms with Crippen molar-refractivity contribution in [2.24, 2.45) is 0 Å². The van der Waals surface area contributed by atoms with E-state index in [1.807, 2.05) is 4.90 Å². The highest BCUT2D eigenvalue weighted by Gasteiger charge is 2.42. The number of carbonyl (C=O) groups is 2. The number of likely N-dealkylation sites (tertiary alicyclic amines) is 1. The lowest BCUT2D eigenvalue weighted by atomic mass is 9.89. The molecular weight excluding hydrogens is 294 g/mol. The third kappa shape index (κ3) is 3.06. The summed E-state index contributed by atoms with van der Waals surface area (Å²) in [7, 11) is 1.79. The number of benzene rings is 1. The van der Waals surface area contributed by atoms with Crippen molar-refractivity contribution in [3.8, 4) is 0 Å². The zero-order valence-electron chi connectivity index (χ0n) is 13.1. The number of nitrogens with zero attached hydrogens (tertiary/aromatic N) is 3. The first-order chi connectivity index (χ1) is 11.0. The number of likely N-dealkylation sites (N-methyl/N-ethyl adjacent to an activating group) is 1. The summed E-state index contributed by atoms with van der Waals surface area (Å²) in [6.07, 6.45) is 1.47. The molecule has 0 atom stereocenters. The third-order valence-corrected chi connectivity index (χ3v) is 4.66. The smallest absolute Gasteiger partial charge is 0.253 e. The molecule has 1 aromatic rings. The summed E-state index contributed by atoms with van der Waals surface area (Å²) in [5, 5.41) is 0. The van der Waals surface area contributed by atoms with Crippen LogP contribution < -0.4 is 0 Å². The Morgan fingerprint density at radius 3 is 2.48 bits per heavy atom. The van der Waals surface area contributed by atoms with Gasteiger partial charge in [0.25, 0.3) is 5.91 Å². The number of amides is 2. The van der Waals surface area contributed by atoms with E-state index in [0.29, 0.717) is 30.9 Å². The van der Waals surface area contributed by atoms with Gasteiger partial charge in [0.2, 0.25) is 5.91 Å². The molecular formula is C17H19N3O3. The molecule has 2 heterocycles. The Balaban J connectivity index is 1.63. The summed E-state index contributed by atoms with van der Waals surface area (Å²) in [4.78, 5) is 30.9. The molecule has 1 spiro atoms. The third-order valence-electron chi connectivity index (χ3n) is 4.66. The average Bonchev–Trinajstić information content (AvgIpc) is 2.59. The van der Waals surface area contributed by atoms with Crippen molar-refractivity contribution in [3.05, 3.63) is 41.2 Å². The maximum absolute atomic E-state index is 12.5. The molecule has 0 radical (unpaired) electrons. The van der Waals surface area contributed by atoms with Crippen LogP contribution in [-0.4, -0.2) is 60.5 Å². The van der Waals surface area contributed by atoms with E-state index < -0.39 is 0 Å². The van der Waals surface area contributed by atoms with Crippen LogP contribution in [0.2, 0.25) is 0 Å². The Kier molecular flexibility index (Phi) is 4.05. The van der Waals surface area contributed by atoms with Crippen molar-refractivity contribution >= 4 is 17.5 Å². The van der Waals surface area contributed by atoms with Crippen LogP contribution in [0.1, 0.15) is 23.2 Å². The number of rotatable bonds is 1. The molecule has 120 valence electrons. The minimum atomic E-state index is -0.312. The van der Waals surface area contributed by atoms with Gasteiger partial charge in [0.05, 0.1) is 12.2 Å². The van der Waals surface area contributed by atoms with Gasteiger partial charge in [-0.05, 0) is 12.8 Å². The number of carbonyl (C=O) groups excluding carboxylic acids is 2. The number of hydrogen-bond donors (Lipinski definition) is 0. The highest BCUT2D eigenvalue weighted by Crippen LogP contribution is 2.30. The van der Waals surface area contributed by atoms with Crippen LogP contribution in [0.15, 0.2) is 24.3 Å². The Labute approximate surface area is 135 Å². The van der Waals surface area contributed by atoms with E-state index in [4.69, 9.17) is 11.3 Å². The molecule has 0 aliphatic carbocycles. The van der Waals surface area contributed by atoms with E-state index in [0.717, 1.165) is 12.8 Å². The topological polar surface area (TPSA) is 54.2 Å². The normalized spacial score (nSPS) is 20.4. The molecule has 6 nitrogen and oxygen atoms in total. The maximum Gasteiger partial charge on any atom is 0.253 e. The van der Waals surface area contributed by atoms with Gasteiger partial charge in [0.15, 0.2) is 5.69 Å². The molecule has 0 unspecified atom stereocenters. The quantitative estimate of drug-likeness (QED) is 0.742. The molecule has 0 aromatic heterocycles. The Morgan fingerprint density at radius 1 is 1.26 bits per heavy atom. The molecule has 1 aromatic carbocycles. The fraction of sp³-hybridized carbons (Fsp3) is 0.471. The highest BCUT2D eigenvalue weighted by molar-refractivity contribution is 5.94. The lowest BCUT2D eigenvalue weighted by Gasteiger charge is -2.46. The van der Waals surface area contributed by atoms with Crippen LogP contribution in [0, 0.1) is 6.57 Å². The van der Waals surface area contributed by atoms with E-state index in [-0.39, 0.29) is 24.0 Å². The van der Waals surface area contributed by atoms with Crippen molar-refractivity contribution in [1.82, 2.24) is 9.80 Å². The zero-order chi connectivity index (χ0) is 16.4. The fourth-order valence-corrected chi connectivity index (χ4v) is 3.17. The average molecular weight is 313 g/mol. The summed E-state index contributed by atoms with van der Waals surface area (Å²) in [5.74, 6) is -0.00866. The summed E-state index contributed by atoms with van der Waals surface area (Å²) >= 11 is 0. The van der Waals surface area contributed by atoms with Gasteiger partial charge in [0, 0.05) is 32.2 Å². The predicted molar refractivity (Wildman–Crippen MR) is 84.2 cm³/mol. The molecule has 2 aliphatic heterocycles. The zero-order valence-corrected chi connectivity index (χ0v) is 13.1. The summed E-state index contributed by atoms with van der Waals surface area (Å²) in [5.41, 5.74) is 0.820. The van der Waals surface area contributed by atoms with Crippen LogP contribution in [0.25, 0.3) is 4.85 Å². The van der Waals surface area contributed by atoms with Gasteiger partial charge in [-0.1, -0.05) is 24.3 Å². The van der Waals surface area contributed by atoms with Crippen LogP contribution in [0.5, 0.6) is 0 Å². The molecule has 23 heavy (non-hydrogen) atoms. The largest absolute Gasteiger partial charge is 0.363 e. The van der Waals surface area contributed by atoms with Gasteiger partial charge in [-0.3, -0.25) is 9.59 Å². The van der Waals surface area contributed by atoms with Crippen molar-refractivity contribution in [3.63, 3.8) is 0 Å². The minimum Gasteiger partial charge on any atom is -0.363 e. The van der Waals surface area contributed by atoms with E-state index in [2.05, 4.69) is 4.85 Å². The molecule has 2 aliphatic rings. The first kappa shape index (κ1) is 15.5. The fourth-order valence-electron chi connectivity index (χ4n) is 3.17. The van der Waals surface area contributed by atoms with E-state index in [1.54, 1.807) is 36.2 Å². The number of morpholine rings is 1. The van der Waals surface area contributed by atoms with Gasteiger partial charge >= 0.3 is 0 Å². The van der Waals surface area contributed by atoms with Gasteiger partial charge in [0.1, 0.15) is 6.61 Å². The maximum atomic E-state index is 12.5. The van der Waals surface area contributed by atoms with Gasteiger partial charge < -0.3 is 14.5 Å². The Bertz CT molecular complexity index is 655. The summed E-state index contributed by atoms with van der Waals surface area (Å²) in [6, 6.07) is 6.72. The second-order valence-electron chi connectivity index (χ2n) is 6.17. The second-order valence-corrected chi connectivity index (χ2v) is 6.17. The van der Waals surface area contributed by atoms with Crippen LogP contribution in [0.3, 0.4) is 0 Å². The minimum absolute atomic E-state index is 0.00836. The van der Waals surface area contributed by atoms with Gasteiger partial charge in [-0.25, -0.2) is 4.85 Å². The number of ether oxygens (including phenoxy) is 1. The Hall–Kier alpha value is -2.39. The lowest BCUT2D eigenvalue weighted by molar-refractivity contribution is -0.167. The van der Waals surface area contributed by atoms with Crippen molar-refractivity contribution in [1.29, 1.82) is 0 Å². The van der Waals surface area contributed by atoms with Gasteiger partial charge in [-0.15, -0.1) is 0 Å². The van der Waals surface area contributed by atoms with Crippen molar-refractivity contribution in [2.45, 2.75) is 18.4 Å². The number of hydrogen-bond acceptors (Lipinski definition) is 3. The van der Waals surface area contributed by atoms with Crippen LogP contribution in [0.4, 0.5) is 5.69 Å². The molecule has 2 fully saturated rings. The molecule has 3 rings (SSSR count). The predicted octanol–water partition coefficient (Wildman–Crippen LogP) is 1.70. The molecule has 2 saturated heterocycles. The van der Waals surface area contributed by atoms with E-state index in [9.17, 15) is 9.59 Å². The van der Waals surface area contributed by atoms with E-state index >= 15 is 0 Å². The second kappa shape index (κ2) is 6.01. The number of piperidine rings is 1. The molecule has 6 heteroatoms. The standard InChI is InChI=1S/C17H19N3O3/c1-18-14-5-3-13(4-6-14)16(22)20-9-7-17(8-10-20)12-19(2)15(21)11-23-17/h3-6H,7-12H2,2H3. The molecule has 2 amide bonds.